The Labute approximate surface area is 123 Å². The Morgan fingerprint density at radius 2 is 2.00 bits per heavy atom. The van der Waals surface area contributed by atoms with Crippen LogP contribution in [0.2, 0.25) is 5.15 Å². The number of halogens is 1. The molecule has 1 aromatic heterocycles. The first-order valence-corrected chi connectivity index (χ1v) is 6.67. The van der Waals surface area contributed by atoms with E-state index >= 15 is 0 Å². The molecule has 5 heteroatoms. The lowest BCUT2D eigenvalue weighted by atomic mass is 10.2. The van der Waals surface area contributed by atoms with Gasteiger partial charge in [0.15, 0.2) is 0 Å². The Kier molecular flexibility index (Phi) is 4.21. The first-order chi connectivity index (χ1) is 9.51. The van der Waals surface area contributed by atoms with Crippen molar-refractivity contribution in [2.75, 3.05) is 11.9 Å². The van der Waals surface area contributed by atoms with Gasteiger partial charge in [-0.3, -0.25) is 0 Å². The third-order valence-corrected chi connectivity index (χ3v) is 3.11. The van der Waals surface area contributed by atoms with E-state index in [1.54, 1.807) is 12.1 Å². The predicted octanol–water partition coefficient (Wildman–Crippen LogP) is 3.89. The van der Waals surface area contributed by atoms with Gasteiger partial charge in [0.2, 0.25) is 0 Å². The molecule has 0 N–H and O–H groups in total. The molecule has 1 aromatic carbocycles. The fraction of sp³-hybridized carbons (Fsp3) is 0.267. The zero-order valence-electron chi connectivity index (χ0n) is 11.6. The zero-order chi connectivity index (χ0) is 14.7. The van der Waals surface area contributed by atoms with Crippen molar-refractivity contribution in [2.45, 2.75) is 19.8 Å². The molecule has 0 amide bonds. The first kappa shape index (κ1) is 14.3. The van der Waals surface area contributed by atoms with Gasteiger partial charge in [-0.15, -0.1) is 0 Å². The molecule has 2 rings (SSSR count). The summed E-state index contributed by atoms with van der Waals surface area (Å²) >= 11 is 6.05. The largest absolute Gasteiger partial charge is 0.329 e. The zero-order valence-corrected chi connectivity index (χ0v) is 12.4. The predicted molar refractivity (Wildman–Crippen MR) is 80.4 cm³/mol. The van der Waals surface area contributed by atoms with Gasteiger partial charge in [-0.2, -0.15) is 5.26 Å². The Bertz CT molecular complexity index is 661. The second-order valence-corrected chi connectivity index (χ2v) is 5.17. The molecule has 0 aliphatic heterocycles. The van der Waals surface area contributed by atoms with Crippen LogP contribution in [0.15, 0.2) is 30.3 Å². The van der Waals surface area contributed by atoms with E-state index < -0.39 is 0 Å². The smallest absolute Gasteiger partial charge is 0.137 e. The highest BCUT2D eigenvalue weighted by Crippen LogP contribution is 2.25. The van der Waals surface area contributed by atoms with Crippen LogP contribution >= 0.6 is 11.6 Å². The summed E-state index contributed by atoms with van der Waals surface area (Å²) in [4.78, 5) is 10.6. The van der Waals surface area contributed by atoms with Crippen LogP contribution in [-0.2, 0) is 0 Å². The molecule has 2 aromatic rings. The van der Waals surface area contributed by atoms with Crippen molar-refractivity contribution in [1.29, 1.82) is 5.26 Å². The van der Waals surface area contributed by atoms with Crippen molar-refractivity contribution in [3.8, 4) is 6.07 Å². The molecule has 0 saturated carbocycles. The monoisotopic (exact) mass is 286 g/mol. The van der Waals surface area contributed by atoms with Crippen LogP contribution in [0.5, 0.6) is 0 Å². The highest BCUT2D eigenvalue weighted by atomic mass is 35.5. The number of benzene rings is 1. The molecule has 0 spiro atoms. The van der Waals surface area contributed by atoms with Crippen LogP contribution in [0.3, 0.4) is 0 Å². The lowest BCUT2D eigenvalue weighted by molar-refractivity contribution is 0.772. The van der Waals surface area contributed by atoms with Gasteiger partial charge in [0, 0.05) is 24.7 Å². The highest BCUT2D eigenvalue weighted by molar-refractivity contribution is 6.29. The Morgan fingerprint density at radius 3 is 2.65 bits per heavy atom. The van der Waals surface area contributed by atoms with Crippen molar-refractivity contribution in [1.82, 2.24) is 9.97 Å². The minimum atomic E-state index is 0.200. The van der Waals surface area contributed by atoms with Crippen LogP contribution in [0.1, 0.15) is 31.2 Å². The quantitative estimate of drug-likeness (QED) is 0.803. The summed E-state index contributed by atoms with van der Waals surface area (Å²) in [5.74, 6) is 1.62. The summed E-state index contributed by atoms with van der Waals surface area (Å²) in [6, 6.07) is 11.2. The second-order valence-electron chi connectivity index (χ2n) is 4.78. The van der Waals surface area contributed by atoms with Crippen molar-refractivity contribution in [3.63, 3.8) is 0 Å². The van der Waals surface area contributed by atoms with Crippen molar-refractivity contribution >= 4 is 23.1 Å². The maximum atomic E-state index is 8.96. The summed E-state index contributed by atoms with van der Waals surface area (Å²) in [7, 11) is 1.89. The molecule has 0 bridgehead atoms. The van der Waals surface area contributed by atoms with Crippen LogP contribution < -0.4 is 4.90 Å². The number of hydrogen-bond acceptors (Lipinski definition) is 4. The number of aromatic nitrogens is 2. The fourth-order valence-electron chi connectivity index (χ4n) is 1.77. The number of nitrogens with zero attached hydrogens (tertiary/aromatic N) is 4. The summed E-state index contributed by atoms with van der Waals surface area (Å²) in [5.41, 5.74) is 1.49. The molecule has 0 aliphatic rings. The van der Waals surface area contributed by atoms with Crippen LogP contribution in [-0.4, -0.2) is 17.0 Å². The summed E-state index contributed by atoms with van der Waals surface area (Å²) in [6.45, 7) is 4.04. The number of rotatable bonds is 3. The van der Waals surface area contributed by atoms with Gasteiger partial charge in [0.1, 0.15) is 16.8 Å². The summed E-state index contributed by atoms with van der Waals surface area (Å²) < 4.78 is 0. The maximum Gasteiger partial charge on any atom is 0.137 e. The molecule has 4 nitrogen and oxygen atoms in total. The molecule has 0 unspecified atom stereocenters. The van der Waals surface area contributed by atoms with Crippen molar-refractivity contribution < 1.29 is 0 Å². The minimum absolute atomic E-state index is 0.200. The Hall–Kier alpha value is -2.12. The van der Waals surface area contributed by atoms with E-state index in [0.717, 1.165) is 5.69 Å². The first-order valence-electron chi connectivity index (χ1n) is 6.29. The fourth-order valence-corrected chi connectivity index (χ4v) is 1.95. The SMILES string of the molecule is CC(C)c1nc(Cl)cc(N(C)c2cccc(C#N)c2)n1. The topological polar surface area (TPSA) is 52.8 Å². The molecule has 102 valence electrons. The molecule has 0 atom stereocenters. The van der Waals surface area contributed by atoms with Gasteiger partial charge >= 0.3 is 0 Å². The molecule has 0 saturated heterocycles. The minimum Gasteiger partial charge on any atom is -0.329 e. The maximum absolute atomic E-state index is 8.96. The van der Waals surface area contributed by atoms with E-state index in [4.69, 9.17) is 16.9 Å². The van der Waals surface area contributed by atoms with Crippen LogP contribution in [0, 0.1) is 11.3 Å². The summed E-state index contributed by atoms with van der Waals surface area (Å²) in [6.07, 6.45) is 0. The third-order valence-electron chi connectivity index (χ3n) is 2.92. The van der Waals surface area contributed by atoms with E-state index in [1.807, 2.05) is 44.0 Å². The summed E-state index contributed by atoms with van der Waals surface area (Å²) in [5, 5.41) is 9.38. The molecule has 1 heterocycles. The van der Waals surface area contributed by atoms with Gasteiger partial charge in [-0.25, -0.2) is 9.97 Å². The van der Waals surface area contributed by atoms with Gasteiger partial charge < -0.3 is 4.90 Å². The number of nitriles is 1. The van der Waals surface area contributed by atoms with E-state index in [-0.39, 0.29) is 5.92 Å². The third kappa shape index (κ3) is 3.06. The average molecular weight is 287 g/mol. The van der Waals surface area contributed by atoms with Gasteiger partial charge in [0.25, 0.3) is 0 Å². The van der Waals surface area contributed by atoms with E-state index in [2.05, 4.69) is 16.0 Å². The van der Waals surface area contributed by atoms with Gasteiger partial charge in [-0.1, -0.05) is 31.5 Å². The number of anilines is 2. The van der Waals surface area contributed by atoms with Crippen LogP contribution in [0.25, 0.3) is 0 Å². The van der Waals surface area contributed by atoms with Crippen LogP contribution in [0.4, 0.5) is 11.5 Å². The normalized spacial score (nSPS) is 10.4. The molecule has 20 heavy (non-hydrogen) atoms. The van der Waals surface area contributed by atoms with Gasteiger partial charge in [0.05, 0.1) is 11.6 Å². The standard InChI is InChI=1S/C15H15ClN4/c1-10(2)15-18-13(16)8-14(19-15)20(3)12-6-4-5-11(7-12)9-17/h4-8,10H,1-3H3. The molecule has 0 fully saturated rings. The highest BCUT2D eigenvalue weighted by Gasteiger charge is 2.11. The van der Waals surface area contributed by atoms with Crippen molar-refractivity contribution in [2.24, 2.45) is 0 Å². The molecular weight excluding hydrogens is 272 g/mol. The Morgan fingerprint density at radius 1 is 1.25 bits per heavy atom. The van der Waals surface area contributed by atoms with Crippen molar-refractivity contribution in [3.05, 3.63) is 46.9 Å². The van der Waals surface area contributed by atoms with Gasteiger partial charge in [-0.05, 0) is 18.2 Å². The molecule has 0 aliphatic carbocycles. The van der Waals surface area contributed by atoms with E-state index in [0.29, 0.717) is 22.4 Å². The second kappa shape index (κ2) is 5.89. The van der Waals surface area contributed by atoms with E-state index in [1.165, 1.54) is 0 Å². The number of hydrogen-bond donors (Lipinski definition) is 0. The molecule has 0 radical (unpaired) electrons. The average Bonchev–Trinajstić information content (AvgIpc) is 2.45. The lowest BCUT2D eigenvalue weighted by Gasteiger charge is -2.19. The van der Waals surface area contributed by atoms with E-state index in [9.17, 15) is 0 Å². The Balaban J connectivity index is 2.42. The lowest BCUT2D eigenvalue weighted by Crippen LogP contribution is -2.13. The molecular formula is C15H15ClN4.